The Labute approximate surface area is 220 Å². The molecular formula is C24H27BrN6O4S. The third-order valence-electron chi connectivity index (χ3n) is 5.67. The van der Waals surface area contributed by atoms with Gasteiger partial charge in [0, 0.05) is 28.7 Å². The molecule has 0 bridgehead atoms. The molecule has 36 heavy (non-hydrogen) atoms. The van der Waals surface area contributed by atoms with E-state index in [1.54, 1.807) is 11.2 Å². The highest BCUT2D eigenvalue weighted by Gasteiger charge is 2.23. The van der Waals surface area contributed by atoms with Gasteiger partial charge in [-0.25, -0.2) is 14.8 Å². The van der Waals surface area contributed by atoms with Gasteiger partial charge in [-0.05, 0) is 68.1 Å². The predicted octanol–water partition coefficient (Wildman–Crippen LogP) is 5.19. The molecule has 3 aromatic rings. The van der Waals surface area contributed by atoms with E-state index in [1.165, 1.54) is 11.8 Å². The number of hydrogen-bond acceptors (Lipinski definition) is 8. The lowest BCUT2D eigenvalue weighted by Crippen LogP contribution is -2.35. The van der Waals surface area contributed by atoms with Crippen LogP contribution in [0.5, 0.6) is 11.5 Å². The topological polar surface area (TPSA) is 118 Å². The molecule has 2 aliphatic rings. The van der Waals surface area contributed by atoms with Crippen LogP contribution in [-0.4, -0.2) is 49.5 Å². The van der Waals surface area contributed by atoms with Crippen LogP contribution in [0.25, 0.3) is 11.2 Å². The maximum atomic E-state index is 12.5. The van der Waals surface area contributed by atoms with Gasteiger partial charge in [-0.3, -0.25) is 10.3 Å². The number of hydrogen-bond donors (Lipinski definition) is 2. The number of imidazole rings is 1. The number of benzene rings is 1. The van der Waals surface area contributed by atoms with Crippen LogP contribution < -0.4 is 15.0 Å². The van der Waals surface area contributed by atoms with Gasteiger partial charge >= 0.3 is 6.09 Å². The van der Waals surface area contributed by atoms with Gasteiger partial charge in [0.2, 0.25) is 6.79 Å². The number of halogens is 1. The Morgan fingerprint density at radius 2 is 2.08 bits per heavy atom. The fraction of sp³-hybridized carbons (Fsp3) is 0.417. The highest BCUT2D eigenvalue weighted by molar-refractivity contribution is 9.10. The zero-order chi connectivity index (χ0) is 25.4. The minimum absolute atomic E-state index is 0.137. The molecule has 0 radical (unpaired) electrons. The molecule has 0 atom stereocenters. The summed E-state index contributed by atoms with van der Waals surface area (Å²) >= 11 is 5.02. The molecule has 1 aromatic carbocycles. The van der Waals surface area contributed by atoms with Crippen LogP contribution in [-0.2, 0) is 11.3 Å². The fourth-order valence-electron chi connectivity index (χ4n) is 4.00. The summed E-state index contributed by atoms with van der Waals surface area (Å²) in [7, 11) is 0. The van der Waals surface area contributed by atoms with E-state index in [0.717, 1.165) is 34.2 Å². The van der Waals surface area contributed by atoms with Crippen molar-refractivity contribution in [2.24, 2.45) is 0 Å². The molecule has 190 valence electrons. The van der Waals surface area contributed by atoms with E-state index in [4.69, 9.17) is 24.6 Å². The van der Waals surface area contributed by atoms with Crippen molar-refractivity contribution >= 4 is 44.9 Å². The molecule has 0 saturated carbocycles. The summed E-state index contributed by atoms with van der Waals surface area (Å²) in [5.41, 5.74) is 2.01. The Bertz CT molecular complexity index is 1410. The Morgan fingerprint density at radius 1 is 1.31 bits per heavy atom. The summed E-state index contributed by atoms with van der Waals surface area (Å²) in [6.45, 7) is 7.09. The van der Waals surface area contributed by atoms with Gasteiger partial charge in [0.15, 0.2) is 27.8 Å². The maximum absolute atomic E-state index is 12.5. The van der Waals surface area contributed by atoms with Crippen molar-refractivity contribution in [3.05, 3.63) is 40.2 Å². The normalized spacial score (nSPS) is 15.3. The van der Waals surface area contributed by atoms with Gasteiger partial charge in [0.25, 0.3) is 0 Å². The lowest BCUT2D eigenvalue weighted by molar-refractivity contribution is 0.0323. The number of amides is 1. The maximum Gasteiger partial charge on any atom is 0.414 e. The number of aryl methyl sites for hydroxylation is 1. The Morgan fingerprint density at radius 3 is 2.86 bits per heavy atom. The van der Waals surface area contributed by atoms with Gasteiger partial charge in [-0.2, -0.15) is 0 Å². The van der Waals surface area contributed by atoms with Crippen molar-refractivity contribution in [3.8, 4) is 11.5 Å². The molecule has 0 unspecified atom stereocenters. The number of carbonyl (C=O) groups excluding carboxylic acids is 1. The second-order valence-corrected chi connectivity index (χ2v) is 11.5. The molecule has 0 spiro atoms. The van der Waals surface area contributed by atoms with E-state index in [-0.39, 0.29) is 18.4 Å². The molecule has 2 aliphatic heterocycles. The average molecular weight is 575 g/mol. The van der Waals surface area contributed by atoms with Gasteiger partial charge < -0.3 is 23.8 Å². The molecule has 1 amide bonds. The van der Waals surface area contributed by atoms with Crippen molar-refractivity contribution in [3.63, 3.8) is 0 Å². The largest absolute Gasteiger partial charge is 0.454 e. The smallest absolute Gasteiger partial charge is 0.414 e. The van der Waals surface area contributed by atoms with Crippen LogP contribution in [0.4, 0.5) is 4.79 Å². The number of nitrogens with one attached hydrogen (secondary N) is 2. The number of fused-ring (bicyclic) bond motifs is 2. The van der Waals surface area contributed by atoms with Crippen molar-refractivity contribution < 1.29 is 19.0 Å². The van der Waals surface area contributed by atoms with E-state index in [1.807, 2.05) is 43.7 Å². The summed E-state index contributed by atoms with van der Waals surface area (Å²) in [5, 5.41) is 8.90. The third-order valence-corrected chi connectivity index (χ3v) is 7.53. The summed E-state index contributed by atoms with van der Waals surface area (Å²) in [6, 6.07) is 3.79. The number of nitrogens with zero attached hydrogens (tertiary/aromatic N) is 4. The fourth-order valence-corrected chi connectivity index (χ4v) is 5.38. The highest BCUT2D eigenvalue weighted by Crippen LogP contribution is 2.42. The summed E-state index contributed by atoms with van der Waals surface area (Å²) in [5.74, 6) is 1.39. The number of rotatable bonds is 5. The Hall–Kier alpha value is -2.99. The summed E-state index contributed by atoms with van der Waals surface area (Å²) in [6.07, 6.45) is 5.78. The second-order valence-electron chi connectivity index (χ2n) is 9.58. The van der Waals surface area contributed by atoms with Crippen LogP contribution >= 0.6 is 27.7 Å². The van der Waals surface area contributed by atoms with Gasteiger partial charge in [0.05, 0.1) is 6.33 Å². The zero-order valence-corrected chi connectivity index (χ0v) is 22.7. The summed E-state index contributed by atoms with van der Waals surface area (Å²) < 4.78 is 19.2. The SMILES string of the molecule is CC(C)(C)OC(=O)N1C=C(CCn2cnc(=N)c3[nH]c(Sc4cc5c(cc4Br)OCO5)nc32)CCC1. The lowest BCUT2D eigenvalue weighted by Gasteiger charge is -2.28. The van der Waals surface area contributed by atoms with Crippen molar-refractivity contribution in [2.45, 2.75) is 62.2 Å². The standard InChI is InChI=1S/C24H27BrN6O4S/c1-24(2,3)35-23(32)30-7-4-5-14(11-30)6-8-31-12-27-20(26)19-21(31)29-22(28-19)36-18-10-17-16(9-15(18)25)33-13-34-17/h9-12,26H,4-8,13H2,1-3H3,(H,28,29). The zero-order valence-electron chi connectivity index (χ0n) is 20.3. The van der Waals surface area contributed by atoms with Crippen LogP contribution in [0.3, 0.4) is 0 Å². The molecule has 4 heterocycles. The molecule has 0 fully saturated rings. The first kappa shape index (κ1) is 24.7. The first-order chi connectivity index (χ1) is 17.2. The molecular weight excluding hydrogens is 548 g/mol. The van der Waals surface area contributed by atoms with Gasteiger partial charge in [-0.1, -0.05) is 17.3 Å². The molecule has 2 aromatic heterocycles. The Kier molecular flexibility index (Phi) is 6.73. The lowest BCUT2D eigenvalue weighted by atomic mass is 10.0. The Balaban J connectivity index is 1.34. The van der Waals surface area contributed by atoms with Crippen LogP contribution in [0.15, 0.2) is 44.8 Å². The van der Waals surface area contributed by atoms with E-state index >= 15 is 0 Å². The molecule has 0 saturated heterocycles. The molecule has 5 rings (SSSR count). The molecule has 2 N–H and O–H groups in total. The monoisotopic (exact) mass is 574 g/mol. The first-order valence-electron chi connectivity index (χ1n) is 11.6. The van der Waals surface area contributed by atoms with Crippen LogP contribution in [0.1, 0.15) is 40.0 Å². The average Bonchev–Trinajstić information content (AvgIpc) is 3.45. The molecule has 0 aliphatic carbocycles. The second kappa shape index (κ2) is 9.81. The van der Waals surface area contributed by atoms with Gasteiger partial charge in [-0.15, -0.1) is 0 Å². The highest BCUT2D eigenvalue weighted by atomic mass is 79.9. The van der Waals surface area contributed by atoms with Crippen LogP contribution in [0, 0.1) is 5.41 Å². The molecule has 10 nitrogen and oxygen atoms in total. The summed E-state index contributed by atoms with van der Waals surface area (Å²) in [4.78, 5) is 27.3. The number of allylic oxidation sites excluding steroid dienone is 1. The quantitative estimate of drug-likeness (QED) is 0.430. The minimum atomic E-state index is -0.528. The van der Waals surface area contributed by atoms with E-state index in [0.29, 0.717) is 40.9 Å². The van der Waals surface area contributed by atoms with Crippen molar-refractivity contribution in [1.29, 1.82) is 5.41 Å². The van der Waals surface area contributed by atoms with E-state index in [9.17, 15) is 4.79 Å². The number of aromatic amines is 1. The van der Waals surface area contributed by atoms with Gasteiger partial charge in [0.1, 0.15) is 11.1 Å². The predicted molar refractivity (Wildman–Crippen MR) is 137 cm³/mol. The number of carbonyl (C=O) groups is 1. The number of aromatic nitrogens is 4. The number of ether oxygens (including phenoxy) is 3. The van der Waals surface area contributed by atoms with E-state index in [2.05, 4.69) is 25.9 Å². The van der Waals surface area contributed by atoms with E-state index < -0.39 is 5.60 Å². The number of H-pyrrole nitrogens is 1. The minimum Gasteiger partial charge on any atom is -0.454 e. The van der Waals surface area contributed by atoms with Crippen LogP contribution in [0.2, 0.25) is 0 Å². The molecule has 12 heteroatoms. The first-order valence-corrected chi connectivity index (χ1v) is 13.2. The van der Waals surface area contributed by atoms with Crippen molar-refractivity contribution in [2.75, 3.05) is 13.3 Å². The third kappa shape index (κ3) is 5.39. The van der Waals surface area contributed by atoms with Crippen molar-refractivity contribution in [1.82, 2.24) is 24.4 Å².